The Labute approximate surface area is 253 Å². The number of ether oxygens (including phenoxy) is 2. The van der Waals surface area contributed by atoms with Crippen LogP contribution >= 0.6 is 0 Å². The Balaban J connectivity index is 3.51. The molecule has 0 bridgehead atoms. The van der Waals surface area contributed by atoms with E-state index in [0.717, 1.165) is 51.4 Å². The predicted molar refractivity (Wildman–Crippen MR) is 173 cm³/mol. The zero-order chi connectivity index (χ0) is 30.1. The van der Waals surface area contributed by atoms with Crippen molar-refractivity contribution in [3.05, 3.63) is 36.5 Å². The van der Waals surface area contributed by atoms with Crippen molar-refractivity contribution in [2.75, 3.05) is 13.2 Å². The van der Waals surface area contributed by atoms with Gasteiger partial charge in [-0.2, -0.15) is 0 Å². The fourth-order valence-electron chi connectivity index (χ4n) is 4.47. The molecule has 0 saturated carbocycles. The maximum Gasteiger partial charge on any atom is 0.305 e. The standard InChI is InChI=1S/C36H64O5/c1-3-5-7-9-11-13-15-16-17-18-19-21-23-25-27-29-31-36(39)41-33-34(37)32-40-35(38)30-28-26-24-22-20-14-12-10-8-6-4-2/h13,15,17-18,22,24,34,37H,3-12,14,16,19-21,23,25-33H2,1-2H3/b15-13-,18-17-,24-22-/t34-/m1/s1. The zero-order valence-corrected chi connectivity index (χ0v) is 26.8. The summed E-state index contributed by atoms with van der Waals surface area (Å²) in [6, 6.07) is 0. The SMILES string of the molecule is CCCCCC/C=C\C/C=C\CCCCCCCC(=O)OC[C@H](O)COC(=O)CCC/C=C\CCCCCCCC. The van der Waals surface area contributed by atoms with Gasteiger partial charge in [-0.1, -0.05) is 121 Å². The van der Waals surface area contributed by atoms with Gasteiger partial charge in [0.2, 0.25) is 0 Å². The summed E-state index contributed by atoms with van der Waals surface area (Å²) in [6.45, 7) is 4.21. The lowest BCUT2D eigenvalue weighted by Crippen LogP contribution is -2.25. The number of hydrogen-bond acceptors (Lipinski definition) is 5. The highest BCUT2D eigenvalue weighted by Crippen LogP contribution is 2.10. The third-order valence-corrected chi connectivity index (χ3v) is 7.10. The molecule has 0 aliphatic heterocycles. The van der Waals surface area contributed by atoms with E-state index >= 15 is 0 Å². The van der Waals surface area contributed by atoms with Crippen molar-refractivity contribution in [2.45, 2.75) is 168 Å². The Kier molecular flexibility index (Phi) is 31.1. The number of aliphatic hydroxyl groups excluding tert-OH is 1. The fourth-order valence-corrected chi connectivity index (χ4v) is 4.47. The summed E-state index contributed by atoms with van der Waals surface area (Å²) in [7, 11) is 0. The van der Waals surface area contributed by atoms with Crippen molar-refractivity contribution in [3.63, 3.8) is 0 Å². The first-order chi connectivity index (χ1) is 20.1. The Hall–Kier alpha value is -1.88. The predicted octanol–water partition coefficient (Wildman–Crippen LogP) is 10.1. The lowest BCUT2D eigenvalue weighted by molar-refractivity contribution is -0.152. The van der Waals surface area contributed by atoms with Crippen molar-refractivity contribution in [1.29, 1.82) is 0 Å². The third kappa shape index (κ3) is 32.5. The van der Waals surface area contributed by atoms with Crippen molar-refractivity contribution < 1.29 is 24.2 Å². The third-order valence-electron chi connectivity index (χ3n) is 7.10. The Morgan fingerprint density at radius 3 is 1.39 bits per heavy atom. The van der Waals surface area contributed by atoms with Gasteiger partial charge in [-0.15, -0.1) is 0 Å². The molecule has 0 fully saturated rings. The maximum atomic E-state index is 11.9. The maximum absolute atomic E-state index is 11.9. The summed E-state index contributed by atoms with van der Waals surface area (Å²) in [6.07, 6.45) is 37.6. The van der Waals surface area contributed by atoms with Gasteiger partial charge in [0.25, 0.3) is 0 Å². The molecule has 0 heterocycles. The second kappa shape index (κ2) is 32.6. The number of esters is 2. The van der Waals surface area contributed by atoms with E-state index < -0.39 is 6.10 Å². The quantitative estimate of drug-likeness (QED) is 0.0523. The highest BCUT2D eigenvalue weighted by atomic mass is 16.6. The molecule has 0 rings (SSSR count). The van der Waals surface area contributed by atoms with Crippen LogP contribution in [0.2, 0.25) is 0 Å². The molecule has 0 aromatic heterocycles. The van der Waals surface area contributed by atoms with Crippen LogP contribution in [0.4, 0.5) is 0 Å². The van der Waals surface area contributed by atoms with Crippen molar-refractivity contribution in [2.24, 2.45) is 0 Å². The molecular weight excluding hydrogens is 512 g/mol. The number of aliphatic hydroxyl groups is 1. The topological polar surface area (TPSA) is 72.8 Å². The van der Waals surface area contributed by atoms with Crippen LogP contribution in [0, 0.1) is 0 Å². The molecule has 0 saturated heterocycles. The molecule has 0 aliphatic carbocycles. The Bertz CT molecular complexity index is 667. The van der Waals surface area contributed by atoms with Gasteiger partial charge >= 0.3 is 11.9 Å². The molecule has 5 nitrogen and oxygen atoms in total. The van der Waals surface area contributed by atoms with Crippen molar-refractivity contribution in [3.8, 4) is 0 Å². The van der Waals surface area contributed by atoms with E-state index in [1.54, 1.807) is 0 Å². The first-order valence-corrected chi connectivity index (χ1v) is 17.0. The first-order valence-electron chi connectivity index (χ1n) is 17.0. The van der Waals surface area contributed by atoms with E-state index in [1.807, 2.05) is 0 Å². The van der Waals surface area contributed by atoms with Crippen LogP contribution in [0.1, 0.15) is 162 Å². The van der Waals surface area contributed by atoms with E-state index in [9.17, 15) is 14.7 Å². The van der Waals surface area contributed by atoms with E-state index in [4.69, 9.17) is 9.47 Å². The molecule has 0 radical (unpaired) electrons. The van der Waals surface area contributed by atoms with Crippen LogP contribution < -0.4 is 0 Å². The molecule has 0 spiro atoms. The van der Waals surface area contributed by atoms with Gasteiger partial charge < -0.3 is 14.6 Å². The van der Waals surface area contributed by atoms with E-state index in [2.05, 4.69) is 50.3 Å². The first kappa shape index (κ1) is 39.1. The number of hydrogen-bond donors (Lipinski definition) is 1. The summed E-state index contributed by atoms with van der Waals surface area (Å²) in [5, 5.41) is 9.94. The van der Waals surface area contributed by atoms with Crippen LogP contribution in [-0.4, -0.2) is 36.4 Å². The van der Waals surface area contributed by atoms with Gasteiger partial charge in [0.05, 0.1) is 0 Å². The minimum atomic E-state index is -0.977. The van der Waals surface area contributed by atoms with Gasteiger partial charge in [0, 0.05) is 12.8 Å². The molecular formula is C36H64O5. The summed E-state index contributed by atoms with van der Waals surface area (Å²) < 4.78 is 10.2. The van der Waals surface area contributed by atoms with Crippen LogP contribution in [0.25, 0.3) is 0 Å². The van der Waals surface area contributed by atoms with Gasteiger partial charge in [-0.05, 0) is 64.2 Å². The number of carbonyl (C=O) groups is 2. The molecule has 41 heavy (non-hydrogen) atoms. The van der Waals surface area contributed by atoms with Crippen LogP contribution in [-0.2, 0) is 19.1 Å². The smallest absolute Gasteiger partial charge is 0.305 e. The van der Waals surface area contributed by atoms with Gasteiger partial charge in [-0.3, -0.25) is 9.59 Å². The lowest BCUT2D eigenvalue weighted by atomic mass is 10.1. The molecule has 238 valence electrons. The molecule has 1 N–H and O–H groups in total. The van der Waals surface area contributed by atoms with Crippen molar-refractivity contribution in [1.82, 2.24) is 0 Å². The average molecular weight is 577 g/mol. The van der Waals surface area contributed by atoms with Crippen LogP contribution in [0.3, 0.4) is 0 Å². The minimum absolute atomic E-state index is 0.131. The molecule has 5 heteroatoms. The minimum Gasteiger partial charge on any atom is -0.463 e. The number of allylic oxidation sites excluding steroid dienone is 6. The lowest BCUT2D eigenvalue weighted by Gasteiger charge is -2.12. The number of carbonyl (C=O) groups excluding carboxylic acids is 2. The second-order valence-corrected chi connectivity index (χ2v) is 11.3. The monoisotopic (exact) mass is 576 g/mol. The van der Waals surface area contributed by atoms with Crippen LogP contribution in [0.5, 0.6) is 0 Å². The van der Waals surface area contributed by atoms with Gasteiger partial charge in [0.15, 0.2) is 0 Å². The highest BCUT2D eigenvalue weighted by molar-refractivity contribution is 5.69. The molecule has 0 unspecified atom stereocenters. The van der Waals surface area contributed by atoms with Crippen molar-refractivity contribution >= 4 is 11.9 Å². The number of rotatable bonds is 30. The van der Waals surface area contributed by atoms with E-state index in [-0.39, 0.29) is 25.2 Å². The second-order valence-electron chi connectivity index (χ2n) is 11.3. The highest BCUT2D eigenvalue weighted by Gasteiger charge is 2.11. The average Bonchev–Trinajstić information content (AvgIpc) is 2.97. The molecule has 0 aliphatic rings. The van der Waals surface area contributed by atoms with E-state index in [0.29, 0.717) is 12.8 Å². The summed E-state index contributed by atoms with van der Waals surface area (Å²) in [5.41, 5.74) is 0. The summed E-state index contributed by atoms with van der Waals surface area (Å²) in [4.78, 5) is 23.7. The number of unbranched alkanes of at least 4 members (excludes halogenated alkanes) is 16. The summed E-state index contributed by atoms with van der Waals surface area (Å²) >= 11 is 0. The van der Waals surface area contributed by atoms with E-state index in [1.165, 1.54) is 83.5 Å². The normalized spacial score (nSPS) is 12.6. The molecule has 0 aromatic rings. The van der Waals surface area contributed by atoms with Crippen LogP contribution in [0.15, 0.2) is 36.5 Å². The summed E-state index contributed by atoms with van der Waals surface area (Å²) in [5.74, 6) is -0.621. The molecule has 1 atom stereocenters. The zero-order valence-electron chi connectivity index (χ0n) is 26.8. The Morgan fingerprint density at radius 2 is 0.878 bits per heavy atom. The fraction of sp³-hybridized carbons (Fsp3) is 0.778. The van der Waals surface area contributed by atoms with Gasteiger partial charge in [0.1, 0.15) is 19.3 Å². The molecule has 0 amide bonds. The largest absolute Gasteiger partial charge is 0.463 e. The molecule has 0 aromatic carbocycles. The van der Waals surface area contributed by atoms with Gasteiger partial charge in [-0.25, -0.2) is 0 Å². The Morgan fingerprint density at radius 1 is 0.512 bits per heavy atom.